The average Bonchev–Trinajstić information content (AvgIpc) is 2.68. The molecule has 5 heteroatoms. The molecule has 0 spiro atoms. The minimum Gasteiger partial charge on any atom is -0.366 e. The summed E-state index contributed by atoms with van der Waals surface area (Å²) in [5, 5.41) is 5.34. The first kappa shape index (κ1) is 16.4. The zero-order valence-corrected chi connectivity index (χ0v) is 14.9. The number of urea groups is 1. The molecule has 0 bridgehead atoms. The summed E-state index contributed by atoms with van der Waals surface area (Å²) >= 11 is 0. The average molecular weight is 346 g/mol. The lowest BCUT2D eigenvalue weighted by atomic mass is 10.1. The Balaban J connectivity index is 1.43. The third-order valence-corrected chi connectivity index (χ3v) is 4.82. The molecule has 1 aliphatic heterocycles. The molecule has 26 heavy (non-hydrogen) atoms. The number of amides is 2. The molecule has 0 atom stereocenters. The van der Waals surface area contributed by atoms with E-state index in [9.17, 15) is 4.79 Å². The number of benzene rings is 2. The van der Waals surface area contributed by atoms with Gasteiger partial charge in [0.05, 0.1) is 11.9 Å². The number of fused-ring (bicyclic) bond motifs is 1. The van der Waals surface area contributed by atoms with E-state index in [1.165, 1.54) is 5.39 Å². The number of rotatable bonds is 2. The van der Waals surface area contributed by atoms with Crippen LogP contribution in [-0.2, 0) is 0 Å². The Morgan fingerprint density at radius 3 is 2.62 bits per heavy atom. The Kier molecular flexibility index (Phi) is 4.44. The molecule has 2 aromatic carbocycles. The predicted octanol–water partition coefficient (Wildman–Crippen LogP) is 3.90. The van der Waals surface area contributed by atoms with Gasteiger partial charge in [-0.2, -0.15) is 0 Å². The molecule has 0 saturated carbocycles. The van der Waals surface area contributed by atoms with Gasteiger partial charge in [0.15, 0.2) is 0 Å². The number of nitrogens with one attached hydrogen (secondary N) is 1. The van der Waals surface area contributed by atoms with Crippen molar-refractivity contribution < 1.29 is 4.79 Å². The highest BCUT2D eigenvalue weighted by Gasteiger charge is 2.22. The van der Waals surface area contributed by atoms with Gasteiger partial charge in [-0.3, -0.25) is 4.98 Å². The number of hydrogen-bond acceptors (Lipinski definition) is 3. The van der Waals surface area contributed by atoms with Crippen molar-refractivity contribution in [3.05, 3.63) is 66.5 Å². The number of carbonyl (C=O) groups excluding carboxylic acids is 1. The van der Waals surface area contributed by atoms with Crippen LogP contribution in [0.1, 0.15) is 5.56 Å². The number of piperazine rings is 1. The standard InChI is InChI=1S/C21H22N4O/c1-16-5-4-7-18(13-16)23-21(26)25-11-9-24(10-12-25)20-15-22-14-17-6-2-3-8-19(17)20/h2-8,13-15H,9-12H2,1H3,(H,23,26). The van der Waals surface area contributed by atoms with Crippen LogP contribution in [0, 0.1) is 6.92 Å². The van der Waals surface area contributed by atoms with E-state index < -0.39 is 0 Å². The molecule has 1 aliphatic rings. The fourth-order valence-corrected chi connectivity index (χ4v) is 3.43. The van der Waals surface area contributed by atoms with E-state index in [-0.39, 0.29) is 6.03 Å². The zero-order valence-electron chi connectivity index (χ0n) is 14.9. The van der Waals surface area contributed by atoms with Gasteiger partial charge in [0, 0.05) is 48.8 Å². The number of aryl methyl sites for hydroxylation is 1. The summed E-state index contributed by atoms with van der Waals surface area (Å²) in [7, 11) is 0. The summed E-state index contributed by atoms with van der Waals surface area (Å²) in [4.78, 5) is 21.1. The smallest absolute Gasteiger partial charge is 0.321 e. The summed E-state index contributed by atoms with van der Waals surface area (Å²) in [5.41, 5.74) is 3.12. The second-order valence-corrected chi connectivity index (χ2v) is 6.65. The molecule has 0 radical (unpaired) electrons. The van der Waals surface area contributed by atoms with Crippen LogP contribution in [0.3, 0.4) is 0 Å². The minimum atomic E-state index is -0.0358. The van der Waals surface area contributed by atoms with Gasteiger partial charge in [-0.05, 0) is 24.6 Å². The molecule has 1 saturated heterocycles. The maximum Gasteiger partial charge on any atom is 0.321 e. The summed E-state index contributed by atoms with van der Waals surface area (Å²) in [6.07, 6.45) is 3.81. The van der Waals surface area contributed by atoms with E-state index in [0.717, 1.165) is 35.4 Å². The van der Waals surface area contributed by atoms with Gasteiger partial charge >= 0.3 is 6.03 Å². The van der Waals surface area contributed by atoms with Crippen LogP contribution in [0.4, 0.5) is 16.2 Å². The van der Waals surface area contributed by atoms with Gasteiger partial charge in [0.2, 0.25) is 0 Å². The molecule has 3 aromatic rings. The molecule has 132 valence electrons. The van der Waals surface area contributed by atoms with Crippen LogP contribution < -0.4 is 10.2 Å². The van der Waals surface area contributed by atoms with Crippen molar-refractivity contribution in [1.82, 2.24) is 9.88 Å². The number of hydrogen-bond donors (Lipinski definition) is 1. The van der Waals surface area contributed by atoms with Crippen molar-refractivity contribution in [2.45, 2.75) is 6.92 Å². The maximum absolute atomic E-state index is 12.5. The highest BCUT2D eigenvalue weighted by Crippen LogP contribution is 2.26. The second-order valence-electron chi connectivity index (χ2n) is 6.65. The van der Waals surface area contributed by atoms with Gasteiger partial charge in [-0.25, -0.2) is 4.79 Å². The van der Waals surface area contributed by atoms with Gasteiger partial charge in [0.25, 0.3) is 0 Å². The van der Waals surface area contributed by atoms with Gasteiger partial charge in [0.1, 0.15) is 0 Å². The van der Waals surface area contributed by atoms with Crippen molar-refractivity contribution in [1.29, 1.82) is 0 Å². The van der Waals surface area contributed by atoms with Gasteiger partial charge in [-0.1, -0.05) is 36.4 Å². The monoisotopic (exact) mass is 346 g/mol. The first-order valence-electron chi connectivity index (χ1n) is 8.91. The highest BCUT2D eigenvalue weighted by molar-refractivity contribution is 5.93. The molecule has 1 N–H and O–H groups in total. The first-order valence-corrected chi connectivity index (χ1v) is 8.91. The molecule has 2 heterocycles. The van der Waals surface area contributed by atoms with E-state index in [4.69, 9.17) is 0 Å². The Labute approximate surface area is 153 Å². The summed E-state index contributed by atoms with van der Waals surface area (Å²) in [5.74, 6) is 0. The Bertz CT molecular complexity index is 927. The van der Waals surface area contributed by atoms with Crippen LogP contribution in [0.2, 0.25) is 0 Å². The van der Waals surface area contributed by atoms with Crippen LogP contribution >= 0.6 is 0 Å². The normalized spacial score (nSPS) is 14.5. The van der Waals surface area contributed by atoms with E-state index in [1.807, 2.05) is 54.5 Å². The van der Waals surface area contributed by atoms with Gasteiger partial charge in [-0.15, -0.1) is 0 Å². The molecule has 1 aromatic heterocycles. The predicted molar refractivity (Wildman–Crippen MR) is 106 cm³/mol. The van der Waals surface area contributed by atoms with E-state index in [2.05, 4.69) is 33.4 Å². The van der Waals surface area contributed by atoms with E-state index in [0.29, 0.717) is 13.1 Å². The van der Waals surface area contributed by atoms with Crippen LogP contribution in [0.15, 0.2) is 60.9 Å². The molecule has 5 nitrogen and oxygen atoms in total. The van der Waals surface area contributed by atoms with E-state index in [1.54, 1.807) is 0 Å². The Hall–Kier alpha value is -3.08. The summed E-state index contributed by atoms with van der Waals surface area (Å²) in [6, 6.07) is 16.1. The molecule has 0 unspecified atom stereocenters. The zero-order chi connectivity index (χ0) is 17.9. The number of aromatic nitrogens is 1. The molecule has 2 amide bonds. The Morgan fingerprint density at radius 1 is 1.00 bits per heavy atom. The maximum atomic E-state index is 12.5. The summed E-state index contributed by atoms with van der Waals surface area (Å²) < 4.78 is 0. The third kappa shape index (κ3) is 3.33. The largest absolute Gasteiger partial charge is 0.366 e. The number of carbonyl (C=O) groups is 1. The SMILES string of the molecule is Cc1cccc(NC(=O)N2CCN(c3cncc4ccccc34)CC2)c1. The fourth-order valence-electron chi connectivity index (χ4n) is 3.43. The van der Waals surface area contributed by atoms with Crippen LogP contribution in [0.25, 0.3) is 10.8 Å². The number of anilines is 2. The van der Waals surface area contributed by atoms with Crippen molar-refractivity contribution in [3.8, 4) is 0 Å². The van der Waals surface area contributed by atoms with Crippen molar-refractivity contribution in [2.24, 2.45) is 0 Å². The number of nitrogens with zero attached hydrogens (tertiary/aromatic N) is 3. The minimum absolute atomic E-state index is 0.0358. The summed E-state index contributed by atoms with van der Waals surface area (Å²) in [6.45, 7) is 5.02. The first-order chi connectivity index (χ1) is 12.7. The highest BCUT2D eigenvalue weighted by atomic mass is 16.2. The van der Waals surface area contributed by atoms with Crippen molar-refractivity contribution >= 4 is 28.2 Å². The van der Waals surface area contributed by atoms with Crippen molar-refractivity contribution in [2.75, 3.05) is 36.4 Å². The van der Waals surface area contributed by atoms with Gasteiger partial charge < -0.3 is 15.1 Å². The topological polar surface area (TPSA) is 48.5 Å². The van der Waals surface area contributed by atoms with Crippen LogP contribution in [-0.4, -0.2) is 42.1 Å². The lowest BCUT2D eigenvalue weighted by Crippen LogP contribution is -2.50. The molecule has 1 fully saturated rings. The van der Waals surface area contributed by atoms with E-state index >= 15 is 0 Å². The quantitative estimate of drug-likeness (QED) is 0.766. The molecule has 0 aliphatic carbocycles. The molecular weight excluding hydrogens is 324 g/mol. The van der Waals surface area contributed by atoms with Crippen LogP contribution in [0.5, 0.6) is 0 Å². The second kappa shape index (κ2) is 7.04. The lowest BCUT2D eigenvalue weighted by Gasteiger charge is -2.36. The third-order valence-electron chi connectivity index (χ3n) is 4.82. The van der Waals surface area contributed by atoms with Crippen molar-refractivity contribution in [3.63, 3.8) is 0 Å². The fraction of sp³-hybridized carbons (Fsp3) is 0.238. The molecular formula is C21H22N4O. The lowest BCUT2D eigenvalue weighted by molar-refractivity contribution is 0.208. The molecule has 4 rings (SSSR count). The number of pyridine rings is 1. The Morgan fingerprint density at radius 2 is 1.81 bits per heavy atom.